The molecule has 4 nitrogen and oxygen atoms in total. The Hall–Kier alpha value is -2.40. The highest BCUT2D eigenvalue weighted by Gasteiger charge is 2.42. The maximum absolute atomic E-state index is 13.9. The number of alkyl carbamates (subject to hydrolysis) is 1. The van der Waals surface area contributed by atoms with Gasteiger partial charge in [0.25, 0.3) is 0 Å². The van der Waals surface area contributed by atoms with Gasteiger partial charge in [-0.2, -0.15) is 0 Å². The van der Waals surface area contributed by atoms with Gasteiger partial charge in [0.2, 0.25) is 0 Å². The standard InChI is InChI=1S/C26H31FN2O2/c1-16-10-19(13-21(27)11-16)18-4-5-22-20(12-18)14-26(2,3)24(22)28-25(30)31-23-15-29-8-6-17(23)7-9-29/h4-5,10-13,17,23-24H,6-9,14-15H2,1-3H3,(H,28,30)/t23-,24?/m1/s1. The molecule has 1 N–H and O–H groups in total. The molecule has 0 radical (unpaired) electrons. The summed E-state index contributed by atoms with van der Waals surface area (Å²) in [6.07, 6.45) is 2.80. The minimum Gasteiger partial charge on any atom is -0.445 e. The molecule has 31 heavy (non-hydrogen) atoms. The number of halogens is 1. The summed E-state index contributed by atoms with van der Waals surface area (Å²) in [4.78, 5) is 15.2. The molecule has 0 spiro atoms. The lowest BCUT2D eigenvalue weighted by Gasteiger charge is -2.44. The molecular weight excluding hydrogens is 391 g/mol. The Balaban J connectivity index is 1.34. The fourth-order valence-corrected chi connectivity index (χ4v) is 5.74. The number of nitrogens with zero attached hydrogens (tertiary/aromatic N) is 1. The van der Waals surface area contributed by atoms with E-state index in [0.29, 0.717) is 5.92 Å². The van der Waals surface area contributed by atoms with E-state index in [0.717, 1.165) is 61.2 Å². The summed E-state index contributed by atoms with van der Waals surface area (Å²) >= 11 is 0. The lowest BCUT2D eigenvalue weighted by atomic mass is 9.85. The van der Waals surface area contributed by atoms with Crippen LogP contribution in [0, 0.1) is 24.1 Å². The molecule has 2 aromatic carbocycles. The number of carbonyl (C=O) groups excluding carboxylic acids is 1. The van der Waals surface area contributed by atoms with Crippen molar-refractivity contribution in [2.75, 3.05) is 19.6 Å². The molecular formula is C26H31FN2O2. The molecule has 0 saturated carbocycles. The molecule has 0 aromatic heterocycles. The Kier molecular flexibility index (Phi) is 5.04. The first-order valence-electron chi connectivity index (χ1n) is 11.4. The van der Waals surface area contributed by atoms with E-state index in [9.17, 15) is 9.18 Å². The summed E-state index contributed by atoms with van der Waals surface area (Å²) in [7, 11) is 0. The van der Waals surface area contributed by atoms with Crippen molar-refractivity contribution in [2.24, 2.45) is 11.3 Å². The highest BCUT2D eigenvalue weighted by Crippen LogP contribution is 2.46. The summed E-state index contributed by atoms with van der Waals surface area (Å²) in [6.45, 7) is 9.38. The van der Waals surface area contributed by atoms with Crippen LogP contribution in [-0.4, -0.2) is 36.7 Å². The number of carbonyl (C=O) groups is 1. The first-order chi connectivity index (χ1) is 14.8. The van der Waals surface area contributed by atoms with E-state index in [4.69, 9.17) is 4.74 Å². The molecule has 3 saturated heterocycles. The fraction of sp³-hybridized carbons (Fsp3) is 0.500. The van der Waals surface area contributed by atoms with E-state index in [2.05, 4.69) is 36.2 Å². The SMILES string of the molecule is Cc1cc(F)cc(-c2ccc3c(c2)CC(C)(C)C3NC(=O)O[C@@H]2CN3CCC2CC3)c1. The van der Waals surface area contributed by atoms with Crippen LogP contribution in [0.4, 0.5) is 9.18 Å². The van der Waals surface area contributed by atoms with Crippen LogP contribution in [0.3, 0.4) is 0 Å². The Bertz CT molecular complexity index is 990. The monoisotopic (exact) mass is 422 g/mol. The third-order valence-electron chi connectivity index (χ3n) is 7.37. The zero-order valence-electron chi connectivity index (χ0n) is 18.6. The maximum atomic E-state index is 13.9. The third-order valence-corrected chi connectivity index (χ3v) is 7.37. The Morgan fingerprint density at radius 1 is 1.13 bits per heavy atom. The summed E-state index contributed by atoms with van der Waals surface area (Å²) < 4.78 is 19.8. The molecule has 4 aliphatic rings. The molecule has 1 amide bonds. The van der Waals surface area contributed by atoms with Crippen molar-refractivity contribution >= 4 is 6.09 Å². The van der Waals surface area contributed by atoms with Crippen LogP contribution in [0.25, 0.3) is 11.1 Å². The molecule has 164 valence electrons. The van der Waals surface area contributed by atoms with E-state index < -0.39 is 0 Å². The number of nitrogens with one attached hydrogen (secondary N) is 1. The van der Waals surface area contributed by atoms with Gasteiger partial charge in [-0.3, -0.25) is 4.90 Å². The summed E-state index contributed by atoms with van der Waals surface area (Å²) in [5, 5.41) is 3.17. The number of rotatable bonds is 3. The second-order valence-electron chi connectivity index (χ2n) is 10.3. The molecule has 5 heteroatoms. The normalized spacial score (nSPS) is 28.3. The van der Waals surface area contributed by atoms with Crippen molar-refractivity contribution < 1.29 is 13.9 Å². The van der Waals surface area contributed by atoms with Gasteiger partial charge in [-0.05, 0) is 90.6 Å². The molecule has 2 aromatic rings. The maximum Gasteiger partial charge on any atom is 0.407 e. The van der Waals surface area contributed by atoms with Gasteiger partial charge < -0.3 is 10.1 Å². The number of hydrogen-bond donors (Lipinski definition) is 1. The number of benzene rings is 2. The zero-order chi connectivity index (χ0) is 21.8. The Morgan fingerprint density at radius 2 is 1.90 bits per heavy atom. The Morgan fingerprint density at radius 3 is 2.58 bits per heavy atom. The molecule has 2 atom stereocenters. The molecule has 1 unspecified atom stereocenters. The van der Waals surface area contributed by atoms with Crippen molar-refractivity contribution in [2.45, 2.75) is 52.2 Å². The number of amides is 1. The first-order valence-corrected chi connectivity index (χ1v) is 11.4. The third kappa shape index (κ3) is 3.96. The zero-order valence-corrected chi connectivity index (χ0v) is 18.6. The highest BCUT2D eigenvalue weighted by molar-refractivity contribution is 5.70. The van der Waals surface area contributed by atoms with E-state index >= 15 is 0 Å². The second-order valence-corrected chi connectivity index (χ2v) is 10.3. The van der Waals surface area contributed by atoms with Crippen LogP contribution in [-0.2, 0) is 11.2 Å². The number of fused-ring (bicyclic) bond motifs is 4. The minimum absolute atomic E-state index is 0.00470. The van der Waals surface area contributed by atoms with Gasteiger partial charge in [-0.1, -0.05) is 38.1 Å². The van der Waals surface area contributed by atoms with Crippen LogP contribution in [0.1, 0.15) is 49.4 Å². The lowest BCUT2D eigenvalue weighted by Crippen LogP contribution is -2.53. The largest absolute Gasteiger partial charge is 0.445 e. The highest BCUT2D eigenvalue weighted by atomic mass is 19.1. The van der Waals surface area contributed by atoms with Gasteiger partial charge in [0.1, 0.15) is 11.9 Å². The van der Waals surface area contributed by atoms with E-state index in [-0.39, 0.29) is 29.5 Å². The average molecular weight is 423 g/mol. The van der Waals surface area contributed by atoms with Crippen LogP contribution in [0.15, 0.2) is 36.4 Å². The van der Waals surface area contributed by atoms with Gasteiger partial charge >= 0.3 is 6.09 Å². The van der Waals surface area contributed by atoms with Gasteiger partial charge in [0, 0.05) is 6.54 Å². The summed E-state index contributed by atoms with van der Waals surface area (Å²) in [5.74, 6) is 0.280. The van der Waals surface area contributed by atoms with Crippen molar-refractivity contribution in [1.29, 1.82) is 0 Å². The van der Waals surface area contributed by atoms with Crippen LogP contribution in [0.5, 0.6) is 0 Å². The quantitative estimate of drug-likeness (QED) is 0.735. The number of ether oxygens (including phenoxy) is 1. The van der Waals surface area contributed by atoms with Crippen molar-refractivity contribution in [3.8, 4) is 11.1 Å². The molecule has 6 rings (SSSR count). The molecule has 3 fully saturated rings. The van der Waals surface area contributed by atoms with Crippen molar-refractivity contribution in [3.63, 3.8) is 0 Å². The topological polar surface area (TPSA) is 41.6 Å². The number of aryl methyl sites for hydroxylation is 1. The molecule has 1 aliphatic carbocycles. The number of hydrogen-bond acceptors (Lipinski definition) is 3. The van der Waals surface area contributed by atoms with Crippen LogP contribution in [0.2, 0.25) is 0 Å². The Labute approximate surface area is 183 Å². The molecule has 2 bridgehead atoms. The van der Waals surface area contributed by atoms with E-state index in [1.54, 1.807) is 12.1 Å². The van der Waals surface area contributed by atoms with Crippen LogP contribution >= 0.6 is 0 Å². The van der Waals surface area contributed by atoms with Crippen molar-refractivity contribution in [1.82, 2.24) is 10.2 Å². The summed E-state index contributed by atoms with van der Waals surface area (Å²) in [6, 6.07) is 11.3. The first kappa shape index (κ1) is 20.5. The lowest BCUT2D eigenvalue weighted by molar-refractivity contribution is -0.0348. The summed E-state index contributed by atoms with van der Waals surface area (Å²) in [5.41, 5.74) is 5.02. The minimum atomic E-state index is -0.311. The molecule has 3 aliphatic heterocycles. The van der Waals surface area contributed by atoms with Crippen molar-refractivity contribution in [3.05, 3.63) is 58.9 Å². The fourth-order valence-electron chi connectivity index (χ4n) is 5.74. The predicted octanol–water partition coefficient (Wildman–Crippen LogP) is 5.24. The van der Waals surface area contributed by atoms with Crippen LogP contribution < -0.4 is 5.32 Å². The van der Waals surface area contributed by atoms with E-state index in [1.807, 2.05) is 19.1 Å². The van der Waals surface area contributed by atoms with Gasteiger partial charge in [-0.15, -0.1) is 0 Å². The number of piperidine rings is 3. The van der Waals surface area contributed by atoms with Gasteiger partial charge in [0.15, 0.2) is 0 Å². The molecule has 3 heterocycles. The van der Waals surface area contributed by atoms with Gasteiger partial charge in [0.05, 0.1) is 6.04 Å². The second kappa shape index (κ2) is 7.63. The smallest absolute Gasteiger partial charge is 0.407 e. The van der Waals surface area contributed by atoms with Gasteiger partial charge in [-0.25, -0.2) is 9.18 Å². The van der Waals surface area contributed by atoms with E-state index in [1.165, 1.54) is 5.56 Å². The average Bonchev–Trinajstić information content (AvgIpc) is 2.97. The predicted molar refractivity (Wildman–Crippen MR) is 119 cm³/mol.